The Kier molecular flexibility index (Phi) is 7.11. The quantitative estimate of drug-likeness (QED) is 0.121. The molecule has 0 heterocycles. The Morgan fingerprint density at radius 3 is 1.20 bits per heavy atom. The minimum absolute atomic E-state index is 1.23. The van der Waals surface area contributed by atoms with E-state index in [0.717, 1.165) is 0 Å². The Bertz CT molecular complexity index is 3610. The summed E-state index contributed by atoms with van der Waals surface area (Å²) in [5, 5.41) is 13.1. The van der Waals surface area contributed by atoms with Gasteiger partial charge in [-0.15, -0.1) is 0 Å². The second-order valence-corrected chi connectivity index (χ2v) is 16.2. The summed E-state index contributed by atoms with van der Waals surface area (Å²) in [7, 11) is 0. The van der Waals surface area contributed by atoms with Gasteiger partial charge in [-0.05, 0) is 132 Å². The molecule has 0 fully saturated rings. The highest BCUT2D eigenvalue weighted by atomic mass is 14.3. The van der Waals surface area contributed by atoms with E-state index in [1.807, 2.05) is 0 Å². The molecule has 60 heavy (non-hydrogen) atoms. The van der Waals surface area contributed by atoms with Crippen molar-refractivity contribution in [1.82, 2.24) is 0 Å². The normalized spacial score (nSPS) is 12.0. The summed E-state index contributed by atoms with van der Waals surface area (Å²) in [6.45, 7) is 0. The molecule has 0 heteroatoms. The van der Waals surface area contributed by atoms with Crippen molar-refractivity contribution in [3.63, 3.8) is 0 Å². The van der Waals surface area contributed by atoms with E-state index in [-0.39, 0.29) is 0 Å². The first-order valence-electron chi connectivity index (χ1n) is 20.9. The van der Waals surface area contributed by atoms with Crippen LogP contribution in [0.4, 0.5) is 0 Å². The van der Waals surface area contributed by atoms with Crippen LogP contribution in [-0.4, -0.2) is 0 Å². The minimum Gasteiger partial charge on any atom is -0.0622 e. The Hall–Kier alpha value is -7.80. The SMILES string of the molecule is c1ccc(-c2ccccc2-c2ccc3c4c5c(c(-c6ccccc6)c6cccc(c7cccc2c73)c64)-c2ccc(-c3ccccc3)c3c(-c4ccccc4)ccc-5c23)cc1. The lowest BCUT2D eigenvalue weighted by atomic mass is 9.80. The lowest BCUT2D eigenvalue weighted by Crippen LogP contribution is -1.95. The molecule has 0 bridgehead atoms. The zero-order valence-corrected chi connectivity index (χ0v) is 32.8. The van der Waals surface area contributed by atoms with E-state index < -0.39 is 0 Å². The summed E-state index contributed by atoms with van der Waals surface area (Å²) >= 11 is 0. The van der Waals surface area contributed by atoms with Gasteiger partial charge < -0.3 is 0 Å². The predicted octanol–water partition coefficient (Wildman–Crippen LogP) is 16.9. The topological polar surface area (TPSA) is 0 Å². The van der Waals surface area contributed by atoms with E-state index in [1.165, 1.54) is 132 Å². The summed E-state index contributed by atoms with van der Waals surface area (Å²) in [5.74, 6) is 0. The molecule has 0 aliphatic heterocycles. The van der Waals surface area contributed by atoms with Crippen molar-refractivity contribution in [3.05, 3.63) is 218 Å². The average molecular weight is 757 g/mol. The van der Waals surface area contributed by atoms with Gasteiger partial charge in [0.25, 0.3) is 0 Å². The lowest BCUT2D eigenvalue weighted by Gasteiger charge is -2.23. The zero-order chi connectivity index (χ0) is 39.3. The van der Waals surface area contributed by atoms with Gasteiger partial charge in [0.15, 0.2) is 0 Å². The van der Waals surface area contributed by atoms with Crippen LogP contribution in [0, 0.1) is 0 Å². The Morgan fingerprint density at radius 1 is 0.150 bits per heavy atom. The first-order chi connectivity index (χ1) is 29.8. The zero-order valence-electron chi connectivity index (χ0n) is 32.8. The fourth-order valence-electron chi connectivity index (χ4n) is 10.8. The van der Waals surface area contributed by atoms with Crippen LogP contribution < -0.4 is 0 Å². The number of hydrogen-bond donors (Lipinski definition) is 0. The molecule has 0 aromatic heterocycles. The first kappa shape index (κ1) is 33.2. The molecule has 0 saturated heterocycles. The molecule has 0 nitrogen and oxygen atoms in total. The Balaban J connectivity index is 1.22. The van der Waals surface area contributed by atoms with Gasteiger partial charge in [-0.3, -0.25) is 0 Å². The monoisotopic (exact) mass is 756 g/mol. The maximum atomic E-state index is 2.43. The molecular weight excluding hydrogens is 721 g/mol. The highest BCUT2D eigenvalue weighted by molar-refractivity contribution is 6.42. The van der Waals surface area contributed by atoms with Crippen LogP contribution in [0.5, 0.6) is 0 Å². The van der Waals surface area contributed by atoms with Crippen molar-refractivity contribution in [2.75, 3.05) is 0 Å². The van der Waals surface area contributed by atoms with Crippen LogP contribution in [0.3, 0.4) is 0 Å². The molecule has 0 N–H and O–H groups in total. The summed E-state index contributed by atoms with van der Waals surface area (Å²) in [4.78, 5) is 0. The van der Waals surface area contributed by atoms with Crippen LogP contribution in [0.1, 0.15) is 0 Å². The van der Waals surface area contributed by atoms with Crippen LogP contribution in [0.2, 0.25) is 0 Å². The Morgan fingerprint density at radius 2 is 0.583 bits per heavy atom. The van der Waals surface area contributed by atoms with Gasteiger partial charge in [0.1, 0.15) is 0 Å². The second kappa shape index (κ2) is 12.9. The molecule has 1 aliphatic carbocycles. The summed E-state index contributed by atoms with van der Waals surface area (Å²) in [5.41, 5.74) is 17.8. The number of benzene rings is 12. The molecule has 12 aromatic rings. The summed E-state index contributed by atoms with van der Waals surface area (Å²) in [6, 6.07) is 81.1. The van der Waals surface area contributed by atoms with Gasteiger partial charge in [0.2, 0.25) is 0 Å². The molecule has 12 aromatic carbocycles. The molecule has 276 valence electrons. The fraction of sp³-hybridized carbons (Fsp3) is 0. The summed E-state index contributed by atoms with van der Waals surface area (Å²) in [6.07, 6.45) is 0. The van der Waals surface area contributed by atoms with Gasteiger partial charge in [-0.1, -0.05) is 218 Å². The van der Waals surface area contributed by atoms with Gasteiger partial charge in [-0.25, -0.2) is 0 Å². The van der Waals surface area contributed by atoms with Crippen molar-refractivity contribution in [2.45, 2.75) is 0 Å². The minimum atomic E-state index is 1.23. The van der Waals surface area contributed by atoms with Gasteiger partial charge in [0, 0.05) is 0 Å². The van der Waals surface area contributed by atoms with Crippen molar-refractivity contribution >= 4 is 53.9 Å². The maximum Gasteiger partial charge on any atom is -0.000696 e. The number of hydrogen-bond acceptors (Lipinski definition) is 0. The third-order valence-electron chi connectivity index (χ3n) is 13.2. The molecular formula is C60H36. The summed E-state index contributed by atoms with van der Waals surface area (Å²) < 4.78 is 0. The molecule has 0 spiro atoms. The third-order valence-corrected chi connectivity index (χ3v) is 13.2. The van der Waals surface area contributed by atoms with Crippen LogP contribution >= 0.6 is 0 Å². The molecule has 0 unspecified atom stereocenters. The van der Waals surface area contributed by atoms with Crippen molar-refractivity contribution in [1.29, 1.82) is 0 Å². The van der Waals surface area contributed by atoms with Gasteiger partial charge in [-0.2, -0.15) is 0 Å². The maximum absolute atomic E-state index is 2.43. The van der Waals surface area contributed by atoms with E-state index in [0.29, 0.717) is 0 Å². The van der Waals surface area contributed by atoms with Crippen molar-refractivity contribution < 1.29 is 0 Å². The van der Waals surface area contributed by atoms with Crippen molar-refractivity contribution in [2.24, 2.45) is 0 Å². The highest BCUT2D eigenvalue weighted by Crippen LogP contribution is 2.60. The molecule has 1 aliphatic rings. The molecule has 0 radical (unpaired) electrons. The lowest BCUT2D eigenvalue weighted by molar-refractivity contribution is 1.60. The molecule has 0 amide bonds. The fourth-order valence-corrected chi connectivity index (χ4v) is 10.8. The smallest absolute Gasteiger partial charge is 0.000696 e. The van der Waals surface area contributed by atoms with Gasteiger partial charge >= 0.3 is 0 Å². The van der Waals surface area contributed by atoms with E-state index >= 15 is 0 Å². The largest absolute Gasteiger partial charge is 0.0622 e. The van der Waals surface area contributed by atoms with E-state index in [9.17, 15) is 0 Å². The van der Waals surface area contributed by atoms with Crippen molar-refractivity contribution in [3.8, 4) is 77.9 Å². The van der Waals surface area contributed by atoms with E-state index in [2.05, 4.69) is 218 Å². The standard InChI is InChI=1S/C60H36/c1-5-17-37(18-6-1)41-25-13-14-26-44(41)45-33-36-50-54-46(45)27-15-28-47(54)48-29-16-30-49-53(40-23-11-4-12-24-40)58-51-34-31-42(38-19-7-2-8-20-38)55-43(39-21-9-3-10-22-39)32-35-52(57(51)55)60(58)59(50)56(48)49/h1-36H. The average Bonchev–Trinajstić information content (AvgIpc) is 3.66. The Labute approximate surface area is 348 Å². The van der Waals surface area contributed by atoms with E-state index in [4.69, 9.17) is 0 Å². The highest BCUT2D eigenvalue weighted by Gasteiger charge is 2.32. The predicted molar refractivity (Wildman–Crippen MR) is 257 cm³/mol. The van der Waals surface area contributed by atoms with E-state index in [1.54, 1.807) is 0 Å². The first-order valence-corrected chi connectivity index (χ1v) is 20.9. The van der Waals surface area contributed by atoms with Gasteiger partial charge in [0.05, 0.1) is 0 Å². The number of fused-ring (bicyclic) bond motifs is 6. The molecule has 13 rings (SSSR count). The number of rotatable bonds is 5. The van der Waals surface area contributed by atoms with Crippen LogP contribution in [0.25, 0.3) is 132 Å². The molecule has 0 saturated carbocycles. The van der Waals surface area contributed by atoms with Crippen LogP contribution in [-0.2, 0) is 0 Å². The van der Waals surface area contributed by atoms with Crippen LogP contribution in [0.15, 0.2) is 218 Å². The molecule has 0 atom stereocenters. The second-order valence-electron chi connectivity index (χ2n) is 16.2. The third kappa shape index (κ3) is 4.62.